The standard InChI is InChI=1S/C24H28N6O12P2/c1-2-25-24(33)29-21-18-22(27-12-26-21)30(13-28-18)23-20-19(40-17(41-20)9-8-14-6-4-3-5-7-14)15(39-23)10-38-44(36,37)42-43(34,35)11-16(31)32/h3-9,12-13,15,17,19-20,23H,2,10-11H2,1H3,(H,31,32)(H,34,35)(H,36,37)(H2,25,26,27,29,33)/p-2/b9-8+/t15-,17+,19?,20+,23-/m1/s1. The summed E-state index contributed by atoms with van der Waals surface area (Å²) in [4.78, 5) is 59.5. The van der Waals surface area contributed by atoms with Crippen LogP contribution in [0.1, 0.15) is 18.7 Å². The maximum atomic E-state index is 12.3. The fraction of sp³-hybridized carbons (Fsp3) is 0.375. The smallest absolute Gasteiger partial charge is 0.320 e. The first kappa shape index (κ1) is 31.8. The number of amides is 2. The zero-order chi connectivity index (χ0) is 31.5. The summed E-state index contributed by atoms with van der Waals surface area (Å²) in [6.07, 6.45) is -0.441. The van der Waals surface area contributed by atoms with Crippen molar-refractivity contribution < 1.29 is 56.7 Å². The van der Waals surface area contributed by atoms with E-state index in [1.165, 1.54) is 17.2 Å². The van der Waals surface area contributed by atoms with Crippen molar-refractivity contribution in [1.82, 2.24) is 24.8 Å². The molecule has 2 aliphatic heterocycles. The van der Waals surface area contributed by atoms with Gasteiger partial charge in [0.25, 0.3) is 7.82 Å². The molecular formula is C24H26N6O12P2-2. The van der Waals surface area contributed by atoms with Crippen LogP contribution in [0.3, 0.4) is 0 Å². The number of nitrogens with zero attached hydrogens (tertiary/aromatic N) is 4. The number of phosphoric ester groups is 1. The number of nitrogens with one attached hydrogen (secondary N) is 2. The molecule has 44 heavy (non-hydrogen) atoms. The van der Waals surface area contributed by atoms with Gasteiger partial charge in [0.05, 0.1) is 12.9 Å². The molecule has 5 rings (SSSR count). The normalized spacial score (nSPS) is 25.8. The molecule has 3 aromatic rings. The van der Waals surface area contributed by atoms with Crippen LogP contribution in [0.5, 0.6) is 0 Å². The van der Waals surface area contributed by atoms with Crippen molar-refractivity contribution in [2.75, 3.05) is 24.6 Å². The molecule has 7 atom stereocenters. The number of carbonyl (C=O) groups excluding carboxylic acids is 1. The second-order valence-electron chi connectivity index (χ2n) is 9.42. The Morgan fingerprint density at radius 2 is 1.86 bits per heavy atom. The number of ether oxygens (including phenoxy) is 3. The molecule has 2 aliphatic rings. The van der Waals surface area contributed by atoms with E-state index < -0.39 is 71.0 Å². The van der Waals surface area contributed by atoms with Crippen molar-refractivity contribution in [3.05, 3.63) is 54.6 Å². The number of carbonyl (C=O) groups is 2. The average molecular weight is 652 g/mol. The maximum absolute atomic E-state index is 12.3. The van der Waals surface area contributed by atoms with E-state index in [9.17, 15) is 28.5 Å². The van der Waals surface area contributed by atoms with Crippen LogP contribution in [0.2, 0.25) is 0 Å². The molecule has 2 aromatic heterocycles. The Hall–Kier alpha value is -3.57. The quantitative estimate of drug-likeness (QED) is 0.229. The van der Waals surface area contributed by atoms with Crippen LogP contribution in [0.25, 0.3) is 17.2 Å². The predicted molar refractivity (Wildman–Crippen MR) is 146 cm³/mol. The molecule has 236 valence electrons. The molecule has 3 unspecified atom stereocenters. The summed E-state index contributed by atoms with van der Waals surface area (Å²) in [6, 6.07) is 8.78. The van der Waals surface area contributed by atoms with Crippen LogP contribution in [0, 0.1) is 0 Å². The molecule has 0 bridgehead atoms. The van der Waals surface area contributed by atoms with E-state index in [0.29, 0.717) is 6.54 Å². The number of aromatic nitrogens is 4. The molecule has 4 heterocycles. The highest BCUT2D eigenvalue weighted by molar-refractivity contribution is 7.63. The fourth-order valence-corrected chi connectivity index (χ4v) is 6.84. The van der Waals surface area contributed by atoms with E-state index in [4.69, 9.17) is 23.8 Å². The third kappa shape index (κ3) is 7.55. The maximum Gasteiger partial charge on any atom is 0.320 e. The number of phosphoric acid groups is 1. The number of urea groups is 1. The molecule has 1 aromatic carbocycles. The van der Waals surface area contributed by atoms with Gasteiger partial charge in [0.15, 0.2) is 37.1 Å². The Labute approximate surface area is 249 Å². The lowest BCUT2D eigenvalue weighted by atomic mass is 10.1. The predicted octanol–water partition coefficient (Wildman–Crippen LogP) is 0.828. The highest BCUT2D eigenvalue weighted by Crippen LogP contribution is 2.55. The number of benzene rings is 1. The summed E-state index contributed by atoms with van der Waals surface area (Å²) >= 11 is 0. The molecule has 3 N–H and O–H groups in total. The molecular weight excluding hydrogens is 626 g/mol. The first-order valence-electron chi connectivity index (χ1n) is 13.1. The van der Waals surface area contributed by atoms with Crippen LogP contribution in [0.15, 0.2) is 49.1 Å². The summed E-state index contributed by atoms with van der Waals surface area (Å²) < 4.78 is 52.5. The van der Waals surface area contributed by atoms with Crippen molar-refractivity contribution in [2.24, 2.45) is 0 Å². The van der Waals surface area contributed by atoms with Gasteiger partial charge in [-0.25, -0.2) is 19.7 Å². The lowest BCUT2D eigenvalue weighted by Gasteiger charge is -2.31. The molecule has 0 radical (unpaired) electrons. The Balaban J connectivity index is 1.38. The van der Waals surface area contributed by atoms with Gasteiger partial charge in [0.2, 0.25) is 0 Å². The zero-order valence-electron chi connectivity index (χ0n) is 22.8. The molecule has 2 saturated heterocycles. The summed E-state index contributed by atoms with van der Waals surface area (Å²) in [6.45, 7) is 1.36. The third-order valence-electron chi connectivity index (χ3n) is 6.27. The number of imidazole rings is 1. The second kappa shape index (κ2) is 13.2. The lowest BCUT2D eigenvalue weighted by molar-refractivity contribution is -0.234. The summed E-state index contributed by atoms with van der Waals surface area (Å²) in [5.74, 6) is -1.69. The highest BCUT2D eigenvalue weighted by Gasteiger charge is 2.53. The zero-order valence-corrected chi connectivity index (χ0v) is 24.6. The van der Waals surface area contributed by atoms with Crippen LogP contribution in [-0.2, 0) is 37.0 Å². The number of aliphatic carboxylic acids is 1. The minimum Gasteiger partial charge on any atom is -0.778 e. The van der Waals surface area contributed by atoms with E-state index in [-0.39, 0.29) is 17.0 Å². The van der Waals surface area contributed by atoms with Gasteiger partial charge in [-0.05, 0) is 18.6 Å². The molecule has 2 amide bonds. The van der Waals surface area contributed by atoms with Gasteiger partial charge < -0.3 is 43.5 Å². The lowest BCUT2D eigenvalue weighted by Crippen LogP contribution is -2.32. The second-order valence-corrected chi connectivity index (χ2v) is 12.8. The average Bonchev–Trinajstić information content (AvgIpc) is 3.64. The monoisotopic (exact) mass is 652 g/mol. The Bertz CT molecular complexity index is 1640. The van der Waals surface area contributed by atoms with Crippen molar-refractivity contribution in [3.8, 4) is 0 Å². The van der Waals surface area contributed by atoms with Crippen molar-refractivity contribution >= 4 is 50.5 Å². The number of carboxylic acids is 1. The first-order valence-corrected chi connectivity index (χ1v) is 16.2. The van der Waals surface area contributed by atoms with E-state index in [0.717, 1.165) is 5.56 Å². The van der Waals surface area contributed by atoms with Gasteiger partial charge >= 0.3 is 12.0 Å². The number of fused-ring (bicyclic) bond motifs is 2. The van der Waals surface area contributed by atoms with E-state index in [2.05, 4.69) is 29.9 Å². The van der Waals surface area contributed by atoms with Gasteiger partial charge in [-0.3, -0.25) is 23.6 Å². The van der Waals surface area contributed by atoms with Crippen LogP contribution in [0.4, 0.5) is 10.6 Å². The van der Waals surface area contributed by atoms with Gasteiger partial charge in [-0.15, -0.1) is 0 Å². The summed E-state index contributed by atoms with van der Waals surface area (Å²) in [5, 5.41) is 13.9. The SMILES string of the molecule is CCNC(=O)Nc1ncnc2c1ncn2[C@@H]1O[C@H](COP(=O)([O-])OP(=O)([O-])CC(=O)O)C2O[C@H](/C=C/c3ccccc3)O[C@@H]21. The van der Waals surface area contributed by atoms with Gasteiger partial charge in [0.1, 0.15) is 30.8 Å². The fourth-order valence-electron chi connectivity index (χ4n) is 4.54. The summed E-state index contributed by atoms with van der Waals surface area (Å²) in [5.41, 5.74) is 1.32. The van der Waals surface area contributed by atoms with Crippen molar-refractivity contribution in [3.63, 3.8) is 0 Å². The summed E-state index contributed by atoms with van der Waals surface area (Å²) in [7, 11) is -10.9. The molecule has 0 saturated carbocycles. The number of hydrogen-bond donors (Lipinski definition) is 3. The van der Waals surface area contributed by atoms with Crippen molar-refractivity contribution in [1.29, 1.82) is 0 Å². The molecule has 18 nitrogen and oxygen atoms in total. The number of hydrogen-bond acceptors (Lipinski definition) is 14. The largest absolute Gasteiger partial charge is 0.778 e. The number of anilines is 1. The Kier molecular flexibility index (Phi) is 9.55. The molecule has 20 heteroatoms. The van der Waals surface area contributed by atoms with Crippen LogP contribution in [-0.4, -0.2) is 80.5 Å². The van der Waals surface area contributed by atoms with Crippen LogP contribution >= 0.6 is 15.4 Å². The number of carboxylic acid groups (broad SMARTS) is 1. The van der Waals surface area contributed by atoms with E-state index in [1.54, 1.807) is 19.1 Å². The highest BCUT2D eigenvalue weighted by atomic mass is 31.3. The van der Waals surface area contributed by atoms with Gasteiger partial charge in [-0.2, -0.15) is 0 Å². The Morgan fingerprint density at radius 1 is 1.11 bits per heavy atom. The topological polar surface area (TPSA) is 248 Å². The first-order chi connectivity index (χ1) is 20.9. The molecule has 0 aliphatic carbocycles. The van der Waals surface area contributed by atoms with Crippen molar-refractivity contribution in [2.45, 2.75) is 37.8 Å². The van der Waals surface area contributed by atoms with E-state index in [1.807, 2.05) is 30.3 Å². The Morgan fingerprint density at radius 3 is 2.59 bits per heavy atom. The van der Waals surface area contributed by atoms with E-state index >= 15 is 0 Å². The minimum absolute atomic E-state index is 0.120. The number of rotatable bonds is 12. The van der Waals surface area contributed by atoms with Gasteiger partial charge in [0, 0.05) is 6.54 Å². The van der Waals surface area contributed by atoms with Crippen LogP contribution < -0.4 is 20.4 Å². The molecule has 2 fully saturated rings. The third-order valence-corrected chi connectivity index (χ3v) is 9.18. The minimum atomic E-state index is -5.54. The molecule has 0 spiro atoms. The van der Waals surface area contributed by atoms with Gasteiger partial charge in [-0.1, -0.05) is 36.4 Å².